The van der Waals surface area contributed by atoms with Crippen molar-refractivity contribution in [3.05, 3.63) is 54.3 Å². The summed E-state index contributed by atoms with van der Waals surface area (Å²) in [6.45, 7) is -0.124. The average molecular weight is 288 g/mol. The van der Waals surface area contributed by atoms with Gasteiger partial charge in [0.2, 0.25) is 0 Å². The fourth-order valence-corrected chi connectivity index (χ4v) is 1.72. The van der Waals surface area contributed by atoms with Crippen LogP contribution in [0.4, 0.5) is 15.8 Å². The molecule has 1 N–H and O–H groups in total. The number of carbonyl (C=O) groups is 1. The number of hydrogen-bond acceptors (Lipinski definition) is 3. The van der Waals surface area contributed by atoms with E-state index in [9.17, 15) is 9.18 Å². The number of nitrogens with zero attached hydrogens (tertiary/aromatic N) is 1. The van der Waals surface area contributed by atoms with Crippen molar-refractivity contribution in [1.29, 1.82) is 0 Å². The fraction of sp³-hybridized carbons (Fsp3) is 0.188. The van der Waals surface area contributed by atoms with Crippen molar-refractivity contribution in [1.82, 2.24) is 0 Å². The number of nitrogens with one attached hydrogen (secondary N) is 1. The highest BCUT2D eigenvalue weighted by atomic mass is 19.1. The number of benzene rings is 2. The van der Waals surface area contributed by atoms with Crippen LogP contribution in [-0.2, 0) is 4.79 Å². The summed E-state index contributed by atoms with van der Waals surface area (Å²) < 4.78 is 18.0. The summed E-state index contributed by atoms with van der Waals surface area (Å²) in [6, 6.07) is 13.0. The summed E-state index contributed by atoms with van der Waals surface area (Å²) in [7, 11) is 3.90. The summed E-state index contributed by atoms with van der Waals surface area (Å²) in [6.07, 6.45) is 0. The van der Waals surface area contributed by atoms with Crippen molar-refractivity contribution in [2.24, 2.45) is 0 Å². The van der Waals surface area contributed by atoms with E-state index in [1.807, 2.05) is 43.3 Å². The van der Waals surface area contributed by atoms with E-state index in [-0.39, 0.29) is 18.3 Å². The molecule has 5 heteroatoms. The van der Waals surface area contributed by atoms with Gasteiger partial charge in [-0.05, 0) is 48.5 Å². The summed E-state index contributed by atoms with van der Waals surface area (Å²) in [5, 5.41) is 2.73. The molecule has 4 nitrogen and oxygen atoms in total. The summed E-state index contributed by atoms with van der Waals surface area (Å²) in [5.74, 6) is -0.154. The second-order valence-corrected chi connectivity index (χ2v) is 4.73. The van der Waals surface area contributed by atoms with Crippen LogP contribution in [0.25, 0.3) is 0 Å². The molecule has 0 unspecified atom stereocenters. The van der Waals surface area contributed by atoms with Gasteiger partial charge in [0, 0.05) is 25.5 Å². The maximum Gasteiger partial charge on any atom is 0.262 e. The van der Waals surface area contributed by atoms with Crippen LogP contribution in [-0.4, -0.2) is 26.6 Å². The molecule has 2 rings (SSSR count). The van der Waals surface area contributed by atoms with Crippen molar-refractivity contribution >= 4 is 17.3 Å². The van der Waals surface area contributed by atoms with Gasteiger partial charge >= 0.3 is 0 Å². The number of hydrogen-bond donors (Lipinski definition) is 1. The van der Waals surface area contributed by atoms with Crippen molar-refractivity contribution in [2.45, 2.75) is 0 Å². The quantitative estimate of drug-likeness (QED) is 0.919. The highest BCUT2D eigenvalue weighted by molar-refractivity contribution is 5.92. The van der Waals surface area contributed by atoms with E-state index < -0.39 is 0 Å². The fourth-order valence-electron chi connectivity index (χ4n) is 1.72. The van der Waals surface area contributed by atoms with Crippen molar-refractivity contribution in [3.8, 4) is 5.75 Å². The Bertz CT molecular complexity index is 595. The van der Waals surface area contributed by atoms with Crippen LogP contribution in [0.5, 0.6) is 5.75 Å². The Morgan fingerprint density at radius 2 is 1.71 bits per heavy atom. The van der Waals surface area contributed by atoms with Gasteiger partial charge < -0.3 is 15.0 Å². The number of ether oxygens (including phenoxy) is 1. The minimum Gasteiger partial charge on any atom is -0.484 e. The molecule has 0 aromatic heterocycles. The number of rotatable bonds is 5. The van der Waals surface area contributed by atoms with Gasteiger partial charge in [-0.1, -0.05) is 0 Å². The topological polar surface area (TPSA) is 41.6 Å². The first-order valence-corrected chi connectivity index (χ1v) is 6.50. The Hall–Kier alpha value is -2.56. The van der Waals surface area contributed by atoms with Crippen LogP contribution in [0.1, 0.15) is 0 Å². The Morgan fingerprint density at radius 1 is 1.10 bits per heavy atom. The molecule has 2 aromatic rings. The third-order valence-electron chi connectivity index (χ3n) is 2.85. The number of carbonyl (C=O) groups excluding carboxylic acids is 1. The Balaban J connectivity index is 1.85. The largest absolute Gasteiger partial charge is 0.484 e. The van der Waals surface area contributed by atoms with Gasteiger partial charge in [-0.3, -0.25) is 4.79 Å². The lowest BCUT2D eigenvalue weighted by Crippen LogP contribution is -2.20. The van der Waals surface area contributed by atoms with Crippen LogP contribution in [0.3, 0.4) is 0 Å². The molecule has 0 saturated carbocycles. The predicted molar refractivity (Wildman–Crippen MR) is 81.3 cm³/mol. The summed E-state index contributed by atoms with van der Waals surface area (Å²) in [5.41, 5.74) is 1.75. The highest BCUT2D eigenvalue weighted by Crippen LogP contribution is 2.16. The first-order valence-electron chi connectivity index (χ1n) is 6.50. The van der Waals surface area contributed by atoms with Crippen LogP contribution >= 0.6 is 0 Å². The van der Waals surface area contributed by atoms with Gasteiger partial charge in [0.25, 0.3) is 5.91 Å². The molecule has 1 amide bonds. The molecule has 0 aliphatic carbocycles. The van der Waals surface area contributed by atoms with E-state index >= 15 is 0 Å². The third kappa shape index (κ3) is 4.49. The lowest BCUT2D eigenvalue weighted by Gasteiger charge is -2.13. The summed E-state index contributed by atoms with van der Waals surface area (Å²) >= 11 is 0. The molecular formula is C16H17FN2O2. The lowest BCUT2D eigenvalue weighted by molar-refractivity contribution is -0.118. The van der Waals surface area contributed by atoms with E-state index in [1.165, 1.54) is 24.3 Å². The third-order valence-corrected chi connectivity index (χ3v) is 2.85. The second kappa shape index (κ2) is 6.74. The maximum absolute atomic E-state index is 12.7. The van der Waals surface area contributed by atoms with Crippen LogP contribution in [0.15, 0.2) is 48.5 Å². The van der Waals surface area contributed by atoms with Crippen LogP contribution in [0.2, 0.25) is 0 Å². The average Bonchev–Trinajstić information content (AvgIpc) is 2.47. The summed E-state index contributed by atoms with van der Waals surface area (Å²) in [4.78, 5) is 13.7. The smallest absolute Gasteiger partial charge is 0.262 e. The SMILES string of the molecule is CN(C)c1ccc(NC(=O)COc2ccc(F)cc2)cc1. The molecule has 0 bridgehead atoms. The zero-order chi connectivity index (χ0) is 15.2. The van der Waals surface area contributed by atoms with Crippen molar-refractivity contribution in [3.63, 3.8) is 0 Å². The number of halogens is 1. The standard InChI is InChI=1S/C16H17FN2O2/c1-19(2)14-7-5-13(6-8-14)18-16(20)11-21-15-9-3-12(17)4-10-15/h3-10H,11H2,1-2H3,(H,18,20). The molecule has 2 aromatic carbocycles. The Morgan fingerprint density at radius 3 is 2.29 bits per heavy atom. The van der Waals surface area contributed by atoms with E-state index in [2.05, 4.69) is 5.32 Å². The van der Waals surface area contributed by atoms with Gasteiger partial charge in [0.05, 0.1) is 0 Å². The van der Waals surface area contributed by atoms with Crippen LogP contribution in [0, 0.1) is 5.82 Å². The molecule has 0 spiro atoms. The normalized spacial score (nSPS) is 10.0. The van der Waals surface area contributed by atoms with E-state index in [1.54, 1.807) is 0 Å². The first-order chi connectivity index (χ1) is 10.0. The van der Waals surface area contributed by atoms with E-state index in [0.717, 1.165) is 5.69 Å². The molecule has 0 saturated heterocycles. The van der Waals surface area contributed by atoms with Crippen molar-refractivity contribution < 1.29 is 13.9 Å². The molecule has 110 valence electrons. The molecule has 0 aliphatic rings. The van der Waals surface area contributed by atoms with Gasteiger partial charge in [-0.15, -0.1) is 0 Å². The highest BCUT2D eigenvalue weighted by Gasteiger charge is 2.04. The predicted octanol–water partition coefficient (Wildman–Crippen LogP) is 2.91. The Labute approximate surface area is 123 Å². The minimum absolute atomic E-state index is 0.124. The lowest BCUT2D eigenvalue weighted by atomic mass is 10.2. The second-order valence-electron chi connectivity index (χ2n) is 4.73. The molecule has 0 atom stereocenters. The molecule has 21 heavy (non-hydrogen) atoms. The van der Waals surface area contributed by atoms with Crippen LogP contribution < -0.4 is 15.0 Å². The van der Waals surface area contributed by atoms with Gasteiger partial charge in [0.1, 0.15) is 11.6 Å². The molecule has 0 heterocycles. The minimum atomic E-state index is -0.340. The molecule has 0 aliphatic heterocycles. The zero-order valence-corrected chi connectivity index (χ0v) is 12.0. The van der Waals surface area contributed by atoms with Gasteiger partial charge in [0.15, 0.2) is 6.61 Å². The number of anilines is 2. The Kier molecular flexibility index (Phi) is 4.77. The molecular weight excluding hydrogens is 271 g/mol. The van der Waals surface area contributed by atoms with E-state index in [4.69, 9.17) is 4.74 Å². The van der Waals surface area contributed by atoms with E-state index in [0.29, 0.717) is 11.4 Å². The molecule has 0 fully saturated rings. The monoisotopic (exact) mass is 288 g/mol. The first kappa shape index (κ1) is 14.8. The maximum atomic E-state index is 12.7. The number of amides is 1. The van der Waals surface area contributed by atoms with Crippen molar-refractivity contribution in [2.75, 3.05) is 30.9 Å². The van der Waals surface area contributed by atoms with Gasteiger partial charge in [-0.2, -0.15) is 0 Å². The zero-order valence-electron chi connectivity index (χ0n) is 12.0. The van der Waals surface area contributed by atoms with Gasteiger partial charge in [-0.25, -0.2) is 4.39 Å². The molecule has 0 radical (unpaired) electrons.